The average Bonchev–Trinajstić information content (AvgIpc) is 2.88. The minimum Gasteiger partial charge on any atom is -0.497 e. The lowest BCUT2D eigenvalue weighted by molar-refractivity contribution is -0.396. The van der Waals surface area contributed by atoms with Gasteiger partial charge in [0.05, 0.1) is 16.0 Å². The summed E-state index contributed by atoms with van der Waals surface area (Å²) in [6, 6.07) is 1.35. The highest BCUT2D eigenvalue weighted by Crippen LogP contribution is 2.62. The lowest BCUT2D eigenvalue weighted by Gasteiger charge is -2.49. The summed E-state index contributed by atoms with van der Waals surface area (Å²) < 4.78 is 0. The van der Waals surface area contributed by atoms with Gasteiger partial charge >= 0.3 is 11.4 Å². The monoisotopic (exact) mass is 362 g/mol. The van der Waals surface area contributed by atoms with Crippen LogP contribution in [0.4, 0.5) is 11.4 Å². The van der Waals surface area contributed by atoms with Crippen molar-refractivity contribution in [2.24, 2.45) is 17.3 Å². The van der Waals surface area contributed by atoms with Crippen LogP contribution >= 0.6 is 0 Å². The SMILES string of the molecule is C[C@]12CC[C@@H]3c4cc([N+](=O)[O-])c(O)c([N+](=O)[O-])c4CC[C@H]3[C@@H]1CC[C@H]2O. The van der Waals surface area contributed by atoms with Crippen molar-refractivity contribution in [2.45, 2.75) is 57.5 Å². The maximum Gasteiger partial charge on any atom is 0.321 e. The number of rotatable bonds is 2. The van der Waals surface area contributed by atoms with Gasteiger partial charge in [-0.25, -0.2) is 0 Å². The molecule has 0 spiro atoms. The van der Waals surface area contributed by atoms with E-state index < -0.39 is 27.0 Å². The molecule has 140 valence electrons. The van der Waals surface area contributed by atoms with Crippen LogP contribution in [0.3, 0.4) is 0 Å². The Bertz CT molecular complexity index is 809. The largest absolute Gasteiger partial charge is 0.497 e. The summed E-state index contributed by atoms with van der Waals surface area (Å²) >= 11 is 0. The predicted molar refractivity (Wildman–Crippen MR) is 92.0 cm³/mol. The van der Waals surface area contributed by atoms with Crippen molar-refractivity contribution in [1.29, 1.82) is 0 Å². The van der Waals surface area contributed by atoms with E-state index in [9.17, 15) is 30.4 Å². The molecule has 0 heterocycles. The van der Waals surface area contributed by atoms with Crippen LogP contribution in [0.1, 0.15) is 56.1 Å². The number of aliphatic hydroxyl groups is 1. The molecule has 4 rings (SSSR count). The van der Waals surface area contributed by atoms with Crippen molar-refractivity contribution in [3.8, 4) is 5.75 Å². The Labute approximate surface area is 150 Å². The summed E-state index contributed by atoms with van der Waals surface area (Å²) in [5.41, 5.74) is -0.126. The zero-order valence-electron chi connectivity index (χ0n) is 14.6. The number of nitro benzene ring substituents is 2. The lowest BCUT2D eigenvalue weighted by atomic mass is 9.55. The van der Waals surface area contributed by atoms with Gasteiger partial charge in [-0.2, -0.15) is 0 Å². The van der Waals surface area contributed by atoms with Gasteiger partial charge in [-0.05, 0) is 67.3 Å². The van der Waals surface area contributed by atoms with Gasteiger partial charge in [0.15, 0.2) is 0 Å². The number of hydrogen-bond acceptors (Lipinski definition) is 6. The van der Waals surface area contributed by atoms with E-state index in [-0.39, 0.29) is 23.4 Å². The normalized spacial score (nSPS) is 35.3. The number of hydrogen-bond donors (Lipinski definition) is 2. The summed E-state index contributed by atoms with van der Waals surface area (Å²) in [6.45, 7) is 2.13. The van der Waals surface area contributed by atoms with Crippen LogP contribution in [0.5, 0.6) is 5.75 Å². The van der Waals surface area contributed by atoms with Crippen molar-refractivity contribution in [3.05, 3.63) is 37.4 Å². The van der Waals surface area contributed by atoms with Crippen molar-refractivity contribution in [2.75, 3.05) is 0 Å². The molecular formula is C18H22N2O6. The molecule has 1 aromatic rings. The van der Waals surface area contributed by atoms with Crippen molar-refractivity contribution in [1.82, 2.24) is 0 Å². The van der Waals surface area contributed by atoms with Gasteiger partial charge in [-0.15, -0.1) is 0 Å². The minimum absolute atomic E-state index is 0.0140. The van der Waals surface area contributed by atoms with Gasteiger partial charge in [0.1, 0.15) is 0 Å². The third-order valence-corrected chi connectivity index (χ3v) is 7.29. The van der Waals surface area contributed by atoms with Crippen LogP contribution in [0.15, 0.2) is 6.07 Å². The average molecular weight is 362 g/mol. The van der Waals surface area contributed by atoms with E-state index in [2.05, 4.69) is 6.92 Å². The van der Waals surface area contributed by atoms with E-state index in [0.717, 1.165) is 32.1 Å². The van der Waals surface area contributed by atoms with Gasteiger partial charge in [0.2, 0.25) is 0 Å². The quantitative estimate of drug-likeness (QED) is 0.613. The van der Waals surface area contributed by atoms with Crippen LogP contribution in [0, 0.1) is 37.5 Å². The Balaban J connectivity index is 1.84. The van der Waals surface area contributed by atoms with Crippen LogP contribution < -0.4 is 0 Å². The smallest absolute Gasteiger partial charge is 0.321 e. The molecule has 8 heteroatoms. The Morgan fingerprint density at radius 2 is 1.88 bits per heavy atom. The summed E-state index contributed by atoms with van der Waals surface area (Å²) in [6.07, 6.45) is 4.12. The number of benzene rings is 1. The van der Waals surface area contributed by atoms with E-state index in [4.69, 9.17) is 0 Å². The summed E-state index contributed by atoms with van der Waals surface area (Å²) in [5, 5.41) is 43.3. The third kappa shape index (κ3) is 2.17. The van der Waals surface area contributed by atoms with Gasteiger partial charge in [0.25, 0.3) is 5.75 Å². The van der Waals surface area contributed by atoms with Gasteiger partial charge in [-0.3, -0.25) is 20.2 Å². The number of phenolic OH excluding ortho intramolecular Hbond substituents is 1. The number of phenols is 1. The first kappa shape index (κ1) is 17.2. The second-order valence-corrected chi connectivity index (χ2v) is 8.23. The van der Waals surface area contributed by atoms with E-state index in [1.165, 1.54) is 6.07 Å². The van der Waals surface area contributed by atoms with Gasteiger partial charge in [0, 0.05) is 11.6 Å². The van der Waals surface area contributed by atoms with E-state index in [1.54, 1.807) is 0 Å². The minimum atomic E-state index is -0.839. The van der Waals surface area contributed by atoms with E-state index in [0.29, 0.717) is 23.5 Å². The fourth-order valence-corrected chi connectivity index (χ4v) is 5.99. The maximum atomic E-state index is 11.5. The van der Waals surface area contributed by atoms with Crippen molar-refractivity contribution in [3.63, 3.8) is 0 Å². The molecule has 8 nitrogen and oxygen atoms in total. The molecule has 2 saturated carbocycles. The molecule has 2 fully saturated rings. The maximum absolute atomic E-state index is 11.5. The van der Waals surface area contributed by atoms with E-state index >= 15 is 0 Å². The first-order chi connectivity index (χ1) is 12.3. The highest BCUT2D eigenvalue weighted by Gasteiger charge is 2.55. The number of aromatic hydroxyl groups is 1. The van der Waals surface area contributed by atoms with Crippen LogP contribution in [-0.2, 0) is 6.42 Å². The van der Waals surface area contributed by atoms with Crippen LogP contribution in [-0.4, -0.2) is 26.2 Å². The predicted octanol–water partition coefficient (Wildman–Crippen LogP) is 3.43. The zero-order valence-corrected chi connectivity index (χ0v) is 14.6. The van der Waals surface area contributed by atoms with Crippen molar-refractivity contribution < 1.29 is 20.1 Å². The van der Waals surface area contributed by atoms with Crippen LogP contribution in [0.2, 0.25) is 0 Å². The number of nitrogens with zero attached hydrogens (tertiary/aromatic N) is 2. The second kappa shape index (κ2) is 5.64. The highest BCUT2D eigenvalue weighted by molar-refractivity contribution is 5.67. The van der Waals surface area contributed by atoms with E-state index in [1.807, 2.05) is 0 Å². The highest BCUT2D eigenvalue weighted by atomic mass is 16.6. The summed E-state index contributed by atoms with van der Waals surface area (Å²) in [5.74, 6) is -0.229. The number of aliphatic hydroxyl groups excluding tert-OH is 1. The first-order valence-electron chi connectivity index (χ1n) is 9.11. The second-order valence-electron chi connectivity index (χ2n) is 8.23. The Morgan fingerprint density at radius 3 is 2.54 bits per heavy atom. The molecule has 5 atom stereocenters. The Morgan fingerprint density at radius 1 is 1.15 bits per heavy atom. The molecule has 0 aliphatic heterocycles. The summed E-state index contributed by atoms with van der Waals surface area (Å²) in [4.78, 5) is 21.4. The lowest BCUT2D eigenvalue weighted by Crippen LogP contribution is -2.44. The molecule has 0 bridgehead atoms. The molecule has 3 aliphatic rings. The Hall–Kier alpha value is -2.22. The Kier molecular flexibility index (Phi) is 3.73. The first-order valence-corrected chi connectivity index (χ1v) is 9.11. The standard InChI is InChI=1S/C18H22N2O6/c1-18-7-6-9-10(13(18)4-5-15(18)21)2-3-11-12(9)8-14(19(23)24)17(22)16(11)20(25)26/h8-10,13,15,21-22H,2-7H2,1H3/t9-,10+,13-,15+,18-/m0/s1. The molecule has 0 saturated heterocycles. The summed E-state index contributed by atoms with van der Waals surface area (Å²) in [7, 11) is 0. The molecule has 0 amide bonds. The molecule has 1 aromatic carbocycles. The molecule has 0 aromatic heterocycles. The van der Waals surface area contributed by atoms with Crippen LogP contribution in [0.25, 0.3) is 0 Å². The number of nitro groups is 2. The molecule has 0 radical (unpaired) electrons. The fourth-order valence-electron chi connectivity index (χ4n) is 5.99. The molecule has 0 unspecified atom stereocenters. The molecule has 2 N–H and O–H groups in total. The zero-order chi connectivity index (χ0) is 18.8. The van der Waals surface area contributed by atoms with Gasteiger partial charge < -0.3 is 10.2 Å². The molecule has 3 aliphatic carbocycles. The fraction of sp³-hybridized carbons (Fsp3) is 0.667. The number of fused-ring (bicyclic) bond motifs is 5. The third-order valence-electron chi connectivity index (χ3n) is 7.29. The molecular weight excluding hydrogens is 340 g/mol. The molecule has 26 heavy (non-hydrogen) atoms. The van der Waals surface area contributed by atoms with Crippen molar-refractivity contribution >= 4 is 11.4 Å². The van der Waals surface area contributed by atoms with Gasteiger partial charge in [-0.1, -0.05) is 6.92 Å². The topological polar surface area (TPSA) is 127 Å².